The van der Waals surface area contributed by atoms with Crippen LogP contribution in [-0.2, 0) is 16.0 Å². The Hall–Kier alpha value is -1.39. The number of carbonyl (C=O) groups is 1. The molecule has 0 amide bonds. The van der Waals surface area contributed by atoms with Crippen LogP contribution < -0.4 is 0 Å². The molecule has 0 bridgehead atoms. The fourth-order valence-electron chi connectivity index (χ4n) is 3.38. The molecular formula is C19H27NO3. The zero-order valence-electron chi connectivity index (χ0n) is 14.0. The van der Waals surface area contributed by atoms with Crippen molar-refractivity contribution in [2.75, 3.05) is 26.3 Å². The number of carbonyl (C=O) groups excluding carboxylic acids is 1. The highest BCUT2D eigenvalue weighted by molar-refractivity contribution is 5.89. The number of esters is 1. The van der Waals surface area contributed by atoms with Crippen LogP contribution >= 0.6 is 0 Å². The minimum atomic E-state index is -0.228. The lowest BCUT2D eigenvalue weighted by atomic mass is 10.0. The Bertz CT molecular complexity index is 502. The standard InChI is InChI=1S/C19H27NO3/c1-15(18-9-12-22-14-18)23-19(21)17-7-5-16(6-8-17)13-20-10-3-2-4-11-20/h5-8,15,18H,2-4,9-14H2,1H3. The second kappa shape index (κ2) is 7.93. The van der Waals surface area contributed by atoms with E-state index in [1.807, 2.05) is 19.1 Å². The van der Waals surface area contributed by atoms with E-state index in [9.17, 15) is 4.79 Å². The molecule has 0 aromatic heterocycles. The average Bonchev–Trinajstić information content (AvgIpc) is 3.11. The van der Waals surface area contributed by atoms with Gasteiger partial charge in [-0.2, -0.15) is 0 Å². The Labute approximate surface area is 138 Å². The van der Waals surface area contributed by atoms with Gasteiger partial charge in [-0.25, -0.2) is 4.79 Å². The molecule has 0 saturated carbocycles. The first-order valence-corrected chi connectivity index (χ1v) is 8.82. The number of likely N-dealkylation sites (tertiary alicyclic amines) is 1. The third-order valence-corrected chi connectivity index (χ3v) is 4.97. The third kappa shape index (κ3) is 4.55. The van der Waals surface area contributed by atoms with E-state index in [0.717, 1.165) is 19.6 Å². The van der Waals surface area contributed by atoms with Crippen molar-refractivity contribution in [2.24, 2.45) is 5.92 Å². The van der Waals surface area contributed by atoms with Crippen LogP contribution in [0.1, 0.15) is 48.5 Å². The first kappa shape index (κ1) is 16.5. The first-order chi connectivity index (χ1) is 11.2. The van der Waals surface area contributed by atoms with Crippen LogP contribution in [0.4, 0.5) is 0 Å². The monoisotopic (exact) mass is 317 g/mol. The highest BCUT2D eigenvalue weighted by atomic mass is 16.5. The summed E-state index contributed by atoms with van der Waals surface area (Å²) in [6.45, 7) is 6.78. The number of benzene rings is 1. The van der Waals surface area contributed by atoms with Gasteiger partial charge in [-0.05, 0) is 57.0 Å². The smallest absolute Gasteiger partial charge is 0.338 e. The number of hydrogen-bond donors (Lipinski definition) is 0. The zero-order chi connectivity index (χ0) is 16.1. The summed E-state index contributed by atoms with van der Waals surface area (Å²) in [5.41, 5.74) is 1.90. The third-order valence-electron chi connectivity index (χ3n) is 4.97. The Morgan fingerprint density at radius 1 is 1.26 bits per heavy atom. The van der Waals surface area contributed by atoms with Gasteiger partial charge < -0.3 is 9.47 Å². The molecule has 23 heavy (non-hydrogen) atoms. The highest BCUT2D eigenvalue weighted by Gasteiger charge is 2.25. The maximum atomic E-state index is 12.2. The minimum absolute atomic E-state index is 0.0852. The molecule has 2 unspecified atom stereocenters. The quantitative estimate of drug-likeness (QED) is 0.782. The molecule has 0 radical (unpaired) electrons. The molecule has 0 N–H and O–H groups in total. The molecule has 0 spiro atoms. The summed E-state index contributed by atoms with van der Waals surface area (Å²) >= 11 is 0. The predicted octanol–water partition coefficient (Wildman–Crippen LogP) is 3.25. The Morgan fingerprint density at radius 2 is 2.00 bits per heavy atom. The molecule has 2 atom stereocenters. The molecule has 4 nitrogen and oxygen atoms in total. The van der Waals surface area contributed by atoms with Crippen LogP contribution in [0.3, 0.4) is 0 Å². The van der Waals surface area contributed by atoms with E-state index in [0.29, 0.717) is 18.1 Å². The lowest BCUT2D eigenvalue weighted by Crippen LogP contribution is -2.29. The van der Waals surface area contributed by atoms with Crippen molar-refractivity contribution in [3.63, 3.8) is 0 Å². The Morgan fingerprint density at radius 3 is 2.65 bits per heavy atom. The van der Waals surface area contributed by atoms with Gasteiger partial charge in [-0.3, -0.25) is 4.90 Å². The summed E-state index contributed by atoms with van der Waals surface area (Å²) in [5, 5.41) is 0. The van der Waals surface area contributed by atoms with E-state index in [4.69, 9.17) is 9.47 Å². The van der Waals surface area contributed by atoms with Gasteiger partial charge in [0.25, 0.3) is 0 Å². The van der Waals surface area contributed by atoms with Gasteiger partial charge in [0.15, 0.2) is 0 Å². The molecule has 3 rings (SSSR count). The highest BCUT2D eigenvalue weighted by Crippen LogP contribution is 2.20. The van der Waals surface area contributed by atoms with Crippen molar-refractivity contribution < 1.29 is 14.3 Å². The molecule has 1 aromatic rings. The molecule has 0 aliphatic carbocycles. The fourth-order valence-corrected chi connectivity index (χ4v) is 3.38. The number of rotatable bonds is 5. The number of hydrogen-bond acceptors (Lipinski definition) is 4. The molecule has 2 heterocycles. The average molecular weight is 317 g/mol. The van der Waals surface area contributed by atoms with Crippen molar-refractivity contribution in [3.05, 3.63) is 35.4 Å². The largest absolute Gasteiger partial charge is 0.459 e. The van der Waals surface area contributed by atoms with Crippen molar-refractivity contribution in [1.82, 2.24) is 4.90 Å². The summed E-state index contributed by atoms with van der Waals surface area (Å²) in [6, 6.07) is 7.88. The van der Waals surface area contributed by atoms with E-state index < -0.39 is 0 Å². The van der Waals surface area contributed by atoms with Crippen molar-refractivity contribution in [3.8, 4) is 0 Å². The van der Waals surface area contributed by atoms with Gasteiger partial charge in [-0.15, -0.1) is 0 Å². The molecule has 4 heteroatoms. The molecule has 2 saturated heterocycles. The van der Waals surface area contributed by atoms with Crippen LogP contribution in [-0.4, -0.2) is 43.3 Å². The summed E-state index contributed by atoms with van der Waals surface area (Å²) in [5.74, 6) is 0.103. The van der Waals surface area contributed by atoms with Gasteiger partial charge in [-0.1, -0.05) is 18.6 Å². The van der Waals surface area contributed by atoms with Crippen molar-refractivity contribution in [2.45, 2.75) is 45.3 Å². The molecular weight excluding hydrogens is 290 g/mol. The fraction of sp³-hybridized carbons (Fsp3) is 0.632. The summed E-state index contributed by atoms with van der Waals surface area (Å²) < 4.78 is 10.9. The predicted molar refractivity (Wildman–Crippen MR) is 89.4 cm³/mol. The molecule has 2 fully saturated rings. The summed E-state index contributed by atoms with van der Waals surface area (Å²) in [7, 11) is 0. The number of ether oxygens (including phenoxy) is 2. The second-order valence-electron chi connectivity index (χ2n) is 6.77. The zero-order valence-corrected chi connectivity index (χ0v) is 14.0. The van der Waals surface area contributed by atoms with Gasteiger partial charge in [0.1, 0.15) is 6.10 Å². The molecule has 2 aliphatic rings. The van der Waals surface area contributed by atoms with Gasteiger partial charge in [0, 0.05) is 19.1 Å². The second-order valence-corrected chi connectivity index (χ2v) is 6.77. The normalized spacial score (nSPS) is 23.6. The van der Waals surface area contributed by atoms with Crippen LogP contribution in [0.15, 0.2) is 24.3 Å². The Kier molecular flexibility index (Phi) is 5.68. The lowest BCUT2D eigenvalue weighted by Gasteiger charge is -2.26. The molecule has 1 aromatic carbocycles. The summed E-state index contributed by atoms with van der Waals surface area (Å²) in [4.78, 5) is 14.7. The van der Waals surface area contributed by atoms with Crippen molar-refractivity contribution >= 4 is 5.97 Å². The molecule has 126 valence electrons. The van der Waals surface area contributed by atoms with E-state index in [1.54, 1.807) is 0 Å². The maximum Gasteiger partial charge on any atom is 0.338 e. The topological polar surface area (TPSA) is 38.8 Å². The van der Waals surface area contributed by atoms with Crippen LogP contribution in [0, 0.1) is 5.92 Å². The minimum Gasteiger partial charge on any atom is -0.459 e. The maximum absolute atomic E-state index is 12.2. The summed E-state index contributed by atoms with van der Waals surface area (Å²) in [6.07, 6.45) is 4.84. The van der Waals surface area contributed by atoms with Crippen LogP contribution in [0.25, 0.3) is 0 Å². The first-order valence-electron chi connectivity index (χ1n) is 8.82. The van der Waals surface area contributed by atoms with E-state index in [-0.39, 0.29) is 12.1 Å². The number of piperidine rings is 1. The van der Waals surface area contributed by atoms with Gasteiger partial charge in [0.2, 0.25) is 0 Å². The van der Waals surface area contributed by atoms with E-state index in [2.05, 4.69) is 17.0 Å². The SMILES string of the molecule is CC(OC(=O)c1ccc(CN2CCCCC2)cc1)C1CCOC1. The lowest BCUT2D eigenvalue weighted by molar-refractivity contribution is 0.0180. The van der Waals surface area contributed by atoms with Gasteiger partial charge in [0.05, 0.1) is 12.2 Å². The number of nitrogens with zero attached hydrogens (tertiary/aromatic N) is 1. The van der Waals surface area contributed by atoms with Crippen LogP contribution in [0.5, 0.6) is 0 Å². The Balaban J connectivity index is 1.52. The molecule has 2 aliphatic heterocycles. The van der Waals surface area contributed by atoms with Crippen LogP contribution in [0.2, 0.25) is 0 Å². The van der Waals surface area contributed by atoms with Crippen molar-refractivity contribution in [1.29, 1.82) is 0 Å². The van der Waals surface area contributed by atoms with Gasteiger partial charge >= 0.3 is 5.97 Å². The van der Waals surface area contributed by atoms with E-state index in [1.165, 1.54) is 37.9 Å². The van der Waals surface area contributed by atoms with E-state index >= 15 is 0 Å².